The van der Waals surface area contributed by atoms with Gasteiger partial charge in [-0.1, -0.05) is 36.4 Å². The Labute approximate surface area is 182 Å². The lowest BCUT2D eigenvalue weighted by atomic mass is 9.99. The van der Waals surface area contributed by atoms with E-state index in [4.69, 9.17) is 4.74 Å². The molecule has 7 heteroatoms. The van der Waals surface area contributed by atoms with E-state index in [-0.39, 0.29) is 18.0 Å². The van der Waals surface area contributed by atoms with Crippen LogP contribution in [0.4, 0.5) is 4.79 Å². The summed E-state index contributed by atoms with van der Waals surface area (Å²) < 4.78 is 5.41. The molecule has 0 saturated heterocycles. The van der Waals surface area contributed by atoms with Crippen LogP contribution in [0.1, 0.15) is 47.8 Å². The molecule has 1 heterocycles. The fourth-order valence-electron chi connectivity index (χ4n) is 3.47. The topological polar surface area (TPSA) is 87.7 Å². The minimum Gasteiger partial charge on any atom is -0.449 e. The van der Waals surface area contributed by atoms with E-state index in [2.05, 4.69) is 16.7 Å². The number of carbonyl (C=O) groups excluding carboxylic acids is 3. The molecule has 2 aromatic carbocycles. The molecule has 0 radical (unpaired) electrons. The van der Waals surface area contributed by atoms with E-state index in [0.29, 0.717) is 25.2 Å². The Morgan fingerprint density at radius 2 is 1.68 bits per heavy atom. The fraction of sp³-hybridized carbons (Fsp3) is 0.375. The van der Waals surface area contributed by atoms with E-state index in [0.717, 1.165) is 17.5 Å². The number of esters is 1. The molecule has 3 rings (SSSR count). The van der Waals surface area contributed by atoms with Crippen LogP contribution >= 0.6 is 0 Å². The van der Waals surface area contributed by atoms with Gasteiger partial charge in [-0.05, 0) is 56.0 Å². The first-order valence-corrected chi connectivity index (χ1v) is 10.5. The van der Waals surface area contributed by atoms with Crippen molar-refractivity contribution >= 4 is 17.9 Å². The lowest BCUT2D eigenvalue weighted by molar-refractivity contribution is -0.140. The Morgan fingerprint density at radius 1 is 1.00 bits per heavy atom. The second-order valence-electron chi connectivity index (χ2n) is 8.00. The summed E-state index contributed by atoms with van der Waals surface area (Å²) in [5, 5.41) is 5.50. The lowest BCUT2D eigenvalue weighted by Gasteiger charge is -2.30. The van der Waals surface area contributed by atoms with Crippen molar-refractivity contribution in [2.24, 2.45) is 0 Å². The van der Waals surface area contributed by atoms with Crippen molar-refractivity contribution in [3.8, 4) is 0 Å². The predicted molar refractivity (Wildman–Crippen MR) is 117 cm³/mol. The molecule has 0 saturated carbocycles. The van der Waals surface area contributed by atoms with Crippen molar-refractivity contribution in [1.82, 2.24) is 15.5 Å². The molecular formula is C24H29N3O4. The van der Waals surface area contributed by atoms with Gasteiger partial charge in [-0.2, -0.15) is 0 Å². The summed E-state index contributed by atoms with van der Waals surface area (Å²) in [5.41, 5.74) is 3.60. The van der Waals surface area contributed by atoms with E-state index in [1.807, 2.05) is 32.0 Å². The molecule has 164 valence electrons. The fourth-order valence-corrected chi connectivity index (χ4v) is 3.47. The molecule has 0 aromatic heterocycles. The van der Waals surface area contributed by atoms with Crippen LogP contribution < -0.4 is 10.6 Å². The van der Waals surface area contributed by atoms with Crippen LogP contribution in [0, 0.1) is 0 Å². The average molecular weight is 424 g/mol. The molecule has 7 nitrogen and oxygen atoms in total. The maximum Gasteiger partial charge on any atom is 0.338 e. The number of nitrogens with zero attached hydrogens (tertiary/aromatic N) is 1. The van der Waals surface area contributed by atoms with Gasteiger partial charge in [-0.3, -0.25) is 4.79 Å². The van der Waals surface area contributed by atoms with Gasteiger partial charge in [-0.15, -0.1) is 0 Å². The van der Waals surface area contributed by atoms with Crippen molar-refractivity contribution < 1.29 is 19.1 Å². The normalized spacial score (nSPS) is 13.9. The molecule has 0 unspecified atom stereocenters. The second-order valence-corrected chi connectivity index (χ2v) is 8.00. The van der Waals surface area contributed by atoms with Gasteiger partial charge in [0.05, 0.1) is 5.56 Å². The third kappa shape index (κ3) is 6.07. The van der Waals surface area contributed by atoms with E-state index in [9.17, 15) is 14.4 Å². The number of hydrogen-bond donors (Lipinski definition) is 2. The summed E-state index contributed by atoms with van der Waals surface area (Å²) in [4.78, 5) is 38.6. The van der Waals surface area contributed by atoms with Crippen molar-refractivity contribution in [3.05, 3.63) is 70.8 Å². The summed E-state index contributed by atoms with van der Waals surface area (Å²) in [5.74, 6) is -0.741. The molecule has 2 aromatic rings. The van der Waals surface area contributed by atoms with E-state index >= 15 is 0 Å². The predicted octanol–water partition coefficient (Wildman–Crippen LogP) is 3.02. The van der Waals surface area contributed by atoms with Crippen LogP contribution in [-0.2, 0) is 29.0 Å². The lowest BCUT2D eigenvalue weighted by Crippen LogP contribution is -2.42. The molecule has 1 atom stereocenters. The number of fused-ring (bicyclic) bond motifs is 1. The molecule has 0 aliphatic carbocycles. The van der Waals surface area contributed by atoms with Crippen LogP contribution in [0.25, 0.3) is 0 Å². The monoisotopic (exact) mass is 423 g/mol. The minimum atomic E-state index is -0.862. The van der Waals surface area contributed by atoms with Crippen molar-refractivity contribution in [1.29, 1.82) is 0 Å². The van der Waals surface area contributed by atoms with Crippen LogP contribution in [0.2, 0.25) is 0 Å². The van der Waals surface area contributed by atoms with Crippen LogP contribution in [-0.4, -0.2) is 41.5 Å². The Bertz CT molecular complexity index is 940. The van der Waals surface area contributed by atoms with Gasteiger partial charge >= 0.3 is 12.0 Å². The van der Waals surface area contributed by atoms with Crippen molar-refractivity contribution in [3.63, 3.8) is 0 Å². The standard InChI is InChI=1S/C24H29N3O4/c1-16(2)26-24(30)25-14-18-8-10-20(11-9-18)23(29)31-17(3)22(28)27-13-12-19-6-4-5-7-21(19)15-27/h4-11,16-17H,12-15H2,1-3H3,(H2,25,26,30)/t17-/m0/s1. The summed E-state index contributed by atoms with van der Waals surface area (Å²) in [6.45, 7) is 6.87. The Morgan fingerprint density at radius 3 is 2.35 bits per heavy atom. The smallest absolute Gasteiger partial charge is 0.338 e. The van der Waals surface area contributed by atoms with Gasteiger partial charge in [0.25, 0.3) is 5.91 Å². The van der Waals surface area contributed by atoms with Crippen LogP contribution in [0.3, 0.4) is 0 Å². The number of benzene rings is 2. The van der Waals surface area contributed by atoms with E-state index in [1.54, 1.807) is 36.1 Å². The number of amides is 3. The molecular weight excluding hydrogens is 394 g/mol. The highest BCUT2D eigenvalue weighted by Crippen LogP contribution is 2.19. The van der Waals surface area contributed by atoms with E-state index in [1.165, 1.54) is 5.56 Å². The molecule has 0 fully saturated rings. The van der Waals surface area contributed by atoms with Crippen LogP contribution in [0.5, 0.6) is 0 Å². The molecule has 1 aliphatic rings. The molecule has 3 amide bonds. The van der Waals surface area contributed by atoms with Gasteiger partial charge in [0.15, 0.2) is 6.10 Å². The molecule has 1 aliphatic heterocycles. The van der Waals surface area contributed by atoms with Gasteiger partial charge in [0.1, 0.15) is 0 Å². The molecule has 2 N–H and O–H groups in total. The first-order valence-electron chi connectivity index (χ1n) is 10.5. The Hall–Kier alpha value is -3.35. The zero-order valence-corrected chi connectivity index (χ0v) is 18.2. The number of ether oxygens (including phenoxy) is 1. The second kappa shape index (κ2) is 10.1. The summed E-state index contributed by atoms with van der Waals surface area (Å²) in [6, 6.07) is 14.6. The highest BCUT2D eigenvalue weighted by atomic mass is 16.5. The van der Waals surface area contributed by atoms with Gasteiger partial charge < -0.3 is 20.3 Å². The Balaban J connectivity index is 1.51. The number of hydrogen-bond acceptors (Lipinski definition) is 4. The number of carbonyl (C=O) groups is 3. The number of nitrogens with one attached hydrogen (secondary N) is 2. The highest BCUT2D eigenvalue weighted by molar-refractivity contribution is 5.92. The average Bonchev–Trinajstić information content (AvgIpc) is 2.76. The largest absolute Gasteiger partial charge is 0.449 e. The first-order chi connectivity index (χ1) is 14.8. The zero-order chi connectivity index (χ0) is 22.4. The summed E-state index contributed by atoms with van der Waals surface area (Å²) in [7, 11) is 0. The highest BCUT2D eigenvalue weighted by Gasteiger charge is 2.27. The molecule has 0 bridgehead atoms. The minimum absolute atomic E-state index is 0.0570. The summed E-state index contributed by atoms with van der Waals surface area (Å²) in [6.07, 6.45) is -0.0633. The first kappa shape index (κ1) is 22.3. The third-order valence-electron chi connectivity index (χ3n) is 5.14. The number of urea groups is 1. The maximum absolute atomic E-state index is 12.8. The molecule has 31 heavy (non-hydrogen) atoms. The van der Waals surface area contributed by atoms with Gasteiger partial charge in [0, 0.05) is 25.7 Å². The van der Waals surface area contributed by atoms with Gasteiger partial charge in [-0.25, -0.2) is 9.59 Å². The maximum atomic E-state index is 12.8. The SMILES string of the molecule is CC(C)NC(=O)NCc1ccc(C(=O)O[C@@H](C)C(=O)N2CCc3ccccc3C2)cc1. The van der Waals surface area contributed by atoms with Crippen LogP contribution in [0.15, 0.2) is 48.5 Å². The van der Waals surface area contributed by atoms with Crippen molar-refractivity contribution in [2.45, 2.75) is 52.4 Å². The zero-order valence-electron chi connectivity index (χ0n) is 18.2. The molecule has 0 spiro atoms. The van der Waals surface area contributed by atoms with E-state index < -0.39 is 12.1 Å². The number of rotatable bonds is 6. The Kier molecular flexibility index (Phi) is 7.28. The van der Waals surface area contributed by atoms with Crippen molar-refractivity contribution in [2.75, 3.05) is 6.54 Å². The summed E-state index contributed by atoms with van der Waals surface area (Å²) >= 11 is 0. The third-order valence-corrected chi connectivity index (χ3v) is 5.14. The quantitative estimate of drug-likeness (QED) is 0.699. The van der Waals surface area contributed by atoms with Gasteiger partial charge in [0.2, 0.25) is 0 Å².